The molecule has 1 saturated heterocycles. The van der Waals surface area contributed by atoms with Gasteiger partial charge < -0.3 is 19.4 Å². The van der Waals surface area contributed by atoms with Gasteiger partial charge in [-0.3, -0.25) is 9.59 Å². The molecule has 0 unspecified atom stereocenters. The molecule has 1 aliphatic rings. The molecule has 8 heteroatoms. The van der Waals surface area contributed by atoms with Gasteiger partial charge in [-0.2, -0.15) is 5.26 Å². The Morgan fingerprint density at radius 1 is 1.15 bits per heavy atom. The maximum Gasteiger partial charge on any atom is 0.409 e. The summed E-state index contributed by atoms with van der Waals surface area (Å²) in [4.78, 5) is 40.8. The first-order valence-corrected chi connectivity index (χ1v) is 8.44. The summed E-state index contributed by atoms with van der Waals surface area (Å²) in [5.41, 5.74) is 0.753. The molecular weight excluding hydrogens is 336 g/mol. The Morgan fingerprint density at radius 2 is 1.77 bits per heavy atom. The van der Waals surface area contributed by atoms with Gasteiger partial charge >= 0.3 is 6.09 Å². The Hall–Kier alpha value is -3.08. The van der Waals surface area contributed by atoms with Crippen LogP contribution in [-0.4, -0.2) is 67.0 Å². The van der Waals surface area contributed by atoms with Crippen LogP contribution in [0.1, 0.15) is 19.4 Å². The van der Waals surface area contributed by atoms with Gasteiger partial charge in [-0.15, -0.1) is 0 Å². The van der Waals surface area contributed by atoms with Gasteiger partial charge in [-0.05, 0) is 19.1 Å². The number of anilines is 1. The van der Waals surface area contributed by atoms with Crippen molar-refractivity contribution in [2.45, 2.75) is 13.8 Å². The van der Waals surface area contributed by atoms with Gasteiger partial charge in [0.25, 0.3) is 0 Å². The summed E-state index contributed by atoms with van der Waals surface area (Å²) in [5.74, 6) is -0.539. The largest absolute Gasteiger partial charge is 0.450 e. The number of nitrogens with zero attached hydrogens (tertiary/aromatic N) is 4. The van der Waals surface area contributed by atoms with Gasteiger partial charge in [0.15, 0.2) is 0 Å². The summed E-state index contributed by atoms with van der Waals surface area (Å²) in [6, 6.07) is 8.71. The molecule has 1 heterocycles. The maximum absolute atomic E-state index is 12.6. The quantitative estimate of drug-likeness (QED) is 0.806. The minimum absolute atomic E-state index is 0.145. The minimum atomic E-state index is -0.382. The fraction of sp³-hybridized carbons (Fsp3) is 0.444. The van der Waals surface area contributed by atoms with E-state index in [-0.39, 0.29) is 24.5 Å². The molecule has 8 nitrogen and oxygen atoms in total. The van der Waals surface area contributed by atoms with Gasteiger partial charge in [0.05, 0.1) is 17.9 Å². The summed E-state index contributed by atoms with van der Waals surface area (Å²) in [7, 11) is 0. The lowest BCUT2D eigenvalue weighted by Gasteiger charge is -2.35. The zero-order valence-corrected chi connectivity index (χ0v) is 15.0. The van der Waals surface area contributed by atoms with Crippen molar-refractivity contribution in [3.63, 3.8) is 0 Å². The maximum atomic E-state index is 12.6. The Balaban J connectivity index is 2.02. The molecule has 3 amide bonds. The van der Waals surface area contributed by atoms with Crippen molar-refractivity contribution in [3.8, 4) is 6.07 Å². The van der Waals surface area contributed by atoms with Gasteiger partial charge in [0.2, 0.25) is 11.8 Å². The van der Waals surface area contributed by atoms with Crippen LogP contribution in [0.15, 0.2) is 24.3 Å². The van der Waals surface area contributed by atoms with Crippen molar-refractivity contribution in [2.24, 2.45) is 0 Å². The highest BCUT2D eigenvalue weighted by Gasteiger charge is 2.27. The van der Waals surface area contributed by atoms with E-state index in [4.69, 9.17) is 4.74 Å². The number of rotatable bonds is 4. The van der Waals surface area contributed by atoms with E-state index in [1.54, 1.807) is 41.0 Å². The monoisotopic (exact) mass is 358 g/mol. The standard InChI is InChI=1S/C18H22N4O4/c1-3-26-18(25)21-10-8-20(9-11-21)17(24)13-22(14(2)23)16-7-5-4-6-15(16)12-19/h4-7H,3,8-11,13H2,1-2H3. The first kappa shape index (κ1) is 19.2. The molecule has 0 saturated carbocycles. The molecule has 1 aromatic rings. The molecule has 0 aromatic heterocycles. The van der Waals surface area contributed by atoms with E-state index in [9.17, 15) is 19.6 Å². The lowest BCUT2D eigenvalue weighted by molar-refractivity contribution is -0.132. The third kappa shape index (κ3) is 4.51. The average molecular weight is 358 g/mol. The number of carbonyl (C=O) groups is 3. The van der Waals surface area contributed by atoms with Crippen LogP contribution in [0.5, 0.6) is 0 Å². The zero-order valence-electron chi connectivity index (χ0n) is 15.0. The zero-order chi connectivity index (χ0) is 19.1. The first-order chi connectivity index (χ1) is 12.5. The van der Waals surface area contributed by atoms with Crippen LogP contribution in [0, 0.1) is 11.3 Å². The van der Waals surface area contributed by atoms with Crippen molar-refractivity contribution in [1.29, 1.82) is 5.26 Å². The summed E-state index contributed by atoms with van der Waals surface area (Å²) >= 11 is 0. The highest BCUT2D eigenvalue weighted by atomic mass is 16.6. The summed E-state index contributed by atoms with van der Waals surface area (Å²) in [6.07, 6.45) is -0.382. The Labute approximate surface area is 152 Å². The molecule has 0 atom stereocenters. The van der Waals surface area contributed by atoms with Crippen molar-refractivity contribution in [2.75, 3.05) is 44.2 Å². The van der Waals surface area contributed by atoms with Gasteiger partial charge in [0, 0.05) is 33.1 Å². The van der Waals surface area contributed by atoms with E-state index in [2.05, 4.69) is 0 Å². The smallest absolute Gasteiger partial charge is 0.409 e. The topological polar surface area (TPSA) is 93.9 Å². The van der Waals surface area contributed by atoms with Crippen LogP contribution in [0.4, 0.5) is 10.5 Å². The van der Waals surface area contributed by atoms with Crippen LogP contribution in [0.3, 0.4) is 0 Å². The van der Waals surface area contributed by atoms with Crippen LogP contribution >= 0.6 is 0 Å². The SMILES string of the molecule is CCOC(=O)N1CCN(C(=O)CN(C(C)=O)c2ccccc2C#N)CC1. The third-order valence-electron chi connectivity index (χ3n) is 4.15. The molecule has 0 aliphatic carbocycles. The number of piperazine rings is 1. The molecule has 0 radical (unpaired) electrons. The number of benzene rings is 1. The fourth-order valence-corrected chi connectivity index (χ4v) is 2.76. The second-order valence-corrected chi connectivity index (χ2v) is 5.80. The summed E-state index contributed by atoms with van der Waals surface area (Å²) in [6.45, 7) is 4.80. The van der Waals surface area contributed by atoms with Crippen molar-refractivity contribution < 1.29 is 19.1 Å². The molecule has 1 aromatic carbocycles. The number of nitriles is 1. The molecule has 0 bridgehead atoms. The van der Waals surface area contributed by atoms with Crippen molar-refractivity contribution in [3.05, 3.63) is 29.8 Å². The van der Waals surface area contributed by atoms with Crippen LogP contribution in [0.2, 0.25) is 0 Å². The minimum Gasteiger partial charge on any atom is -0.450 e. The lowest BCUT2D eigenvalue weighted by atomic mass is 10.1. The lowest BCUT2D eigenvalue weighted by Crippen LogP contribution is -2.53. The van der Waals surface area contributed by atoms with E-state index >= 15 is 0 Å². The second-order valence-electron chi connectivity index (χ2n) is 5.80. The van der Waals surface area contributed by atoms with E-state index in [0.717, 1.165) is 0 Å². The summed E-state index contributed by atoms with van der Waals surface area (Å²) < 4.78 is 4.96. The molecule has 1 aliphatic heterocycles. The van der Waals surface area contributed by atoms with E-state index < -0.39 is 0 Å². The van der Waals surface area contributed by atoms with E-state index in [1.807, 2.05) is 6.07 Å². The Morgan fingerprint density at radius 3 is 2.35 bits per heavy atom. The molecule has 2 rings (SSSR count). The van der Waals surface area contributed by atoms with E-state index in [1.165, 1.54) is 11.8 Å². The summed E-state index contributed by atoms with van der Waals surface area (Å²) in [5, 5.41) is 9.22. The Kier molecular flexibility index (Phi) is 6.55. The van der Waals surface area contributed by atoms with Gasteiger partial charge in [0.1, 0.15) is 12.6 Å². The van der Waals surface area contributed by atoms with Crippen LogP contribution in [0.25, 0.3) is 0 Å². The van der Waals surface area contributed by atoms with Crippen LogP contribution < -0.4 is 4.90 Å². The van der Waals surface area contributed by atoms with Gasteiger partial charge in [-0.1, -0.05) is 12.1 Å². The fourth-order valence-electron chi connectivity index (χ4n) is 2.76. The molecular formula is C18H22N4O4. The predicted octanol–water partition coefficient (Wildman–Crippen LogP) is 1.21. The van der Waals surface area contributed by atoms with Gasteiger partial charge in [-0.25, -0.2) is 4.79 Å². The predicted molar refractivity (Wildman–Crippen MR) is 94.4 cm³/mol. The number of amides is 3. The second kappa shape index (κ2) is 8.85. The number of hydrogen-bond donors (Lipinski definition) is 0. The van der Waals surface area contributed by atoms with Crippen molar-refractivity contribution in [1.82, 2.24) is 9.80 Å². The van der Waals surface area contributed by atoms with Crippen LogP contribution in [-0.2, 0) is 14.3 Å². The molecule has 138 valence electrons. The highest BCUT2D eigenvalue weighted by Crippen LogP contribution is 2.20. The molecule has 0 N–H and O–H groups in total. The number of ether oxygens (including phenoxy) is 1. The number of carbonyl (C=O) groups excluding carboxylic acids is 3. The third-order valence-corrected chi connectivity index (χ3v) is 4.15. The van der Waals surface area contributed by atoms with Crippen molar-refractivity contribution >= 4 is 23.6 Å². The number of hydrogen-bond acceptors (Lipinski definition) is 5. The Bertz CT molecular complexity index is 720. The molecule has 0 spiro atoms. The number of para-hydroxylation sites is 1. The molecule has 1 fully saturated rings. The normalized spacial score (nSPS) is 13.7. The highest BCUT2D eigenvalue weighted by molar-refractivity contribution is 5.98. The average Bonchev–Trinajstić information content (AvgIpc) is 2.66. The van der Waals surface area contributed by atoms with E-state index in [0.29, 0.717) is 44.0 Å². The first-order valence-electron chi connectivity index (χ1n) is 8.44. The molecule has 26 heavy (non-hydrogen) atoms.